The molecule has 1 N–H and O–H groups in total. The highest BCUT2D eigenvalue weighted by molar-refractivity contribution is 7.99. The smallest absolute Gasteiger partial charge is 0.0812 e. The van der Waals surface area contributed by atoms with E-state index in [0.717, 1.165) is 43.0 Å². The maximum absolute atomic E-state index is 10.8. The van der Waals surface area contributed by atoms with Crippen molar-refractivity contribution in [1.29, 1.82) is 0 Å². The Bertz CT molecular complexity index is 1350. The van der Waals surface area contributed by atoms with Gasteiger partial charge in [0.05, 0.1) is 17.3 Å². The summed E-state index contributed by atoms with van der Waals surface area (Å²) in [5.74, 6) is 0.593. The molecule has 0 spiro atoms. The monoisotopic (exact) mass is 444 g/mol. The van der Waals surface area contributed by atoms with Crippen LogP contribution in [0.1, 0.15) is 0 Å². The number of aliphatic hydroxyl groups excluding tert-OH is 1. The number of hydrogen-bond acceptors (Lipinski definition) is 3. The van der Waals surface area contributed by atoms with Gasteiger partial charge in [-0.15, -0.1) is 11.8 Å². The van der Waals surface area contributed by atoms with E-state index < -0.39 is 6.10 Å². The highest BCUT2D eigenvalue weighted by Crippen LogP contribution is 2.32. The van der Waals surface area contributed by atoms with Crippen LogP contribution in [0.5, 0.6) is 0 Å². The van der Waals surface area contributed by atoms with E-state index in [2.05, 4.69) is 28.8 Å². The third kappa shape index (κ3) is 4.33. The zero-order valence-electron chi connectivity index (χ0n) is 16.8. The standard InChI is InChI=1S/C26H21ClN2OS/c27-20-10-11-25-19(14-20)12-13-29(25)16-21(30)17-31-26-15-24(18-6-2-1-3-7-18)28-23-9-5-4-8-22(23)26/h1-15,21,30H,16-17H2. The molecule has 1 atom stereocenters. The molecule has 0 bridgehead atoms. The summed E-state index contributed by atoms with van der Waals surface area (Å²) >= 11 is 7.76. The van der Waals surface area contributed by atoms with E-state index in [0.29, 0.717) is 12.3 Å². The predicted octanol–water partition coefficient (Wildman–Crippen LogP) is 6.66. The van der Waals surface area contributed by atoms with Gasteiger partial charge in [-0.05, 0) is 36.4 Å². The lowest BCUT2D eigenvalue weighted by Crippen LogP contribution is -2.17. The minimum absolute atomic E-state index is 0.483. The maximum atomic E-state index is 10.8. The molecule has 3 nitrogen and oxygen atoms in total. The van der Waals surface area contributed by atoms with Crippen molar-refractivity contribution in [3.8, 4) is 11.3 Å². The van der Waals surface area contributed by atoms with Crippen LogP contribution in [0.4, 0.5) is 0 Å². The van der Waals surface area contributed by atoms with E-state index in [1.54, 1.807) is 11.8 Å². The van der Waals surface area contributed by atoms with Crippen molar-refractivity contribution in [2.45, 2.75) is 17.5 Å². The first-order chi connectivity index (χ1) is 15.2. The number of pyridine rings is 1. The molecule has 0 radical (unpaired) electrons. The fourth-order valence-electron chi connectivity index (χ4n) is 3.82. The summed E-state index contributed by atoms with van der Waals surface area (Å²) in [6.45, 7) is 0.534. The van der Waals surface area contributed by atoms with Crippen LogP contribution in [-0.4, -0.2) is 26.5 Å². The van der Waals surface area contributed by atoms with Crippen molar-refractivity contribution < 1.29 is 5.11 Å². The zero-order valence-corrected chi connectivity index (χ0v) is 18.4. The summed E-state index contributed by atoms with van der Waals surface area (Å²) in [6, 6.07) is 28.4. The Balaban J connectivity index is 1.38. The number of para-hydroxylation sites is 1. The maximum Gasteiger partial charge on any atom is 0.0812 e. The molecule has 1 unspecified atom stereocenters. The number of thioether (sulfide) groups is 1. The van der Waals surface area contributed by atoms with Gasteiger partial charge in [-0.1, -0.05) is 60.1 Å². The van der Waals surface area contributed by atoms with E-state index in [-0.39, 0.29) is 0 Å². The quantitative estimate of drug-likeness (QED) is 0.297. The average molecular weight is 445 g/mol. The van der Waals surface area contributed by atoms with Crippen LogP contribution in [0.2, 0.25) is 5.02 Å². The fraction of sp³-hybridized carbons (Fsp3) is 0.115. The number of rotatable bonds is 6. The van der Waals surface area contributed by atoms with Crippen LogP contribution in [0, 0.1) is 0 Å². The topological polar surface area (TPSA) is 38.1 Å². The van der Waals surface area contributed by atoms with Gasteiger partial charge in [-0.25, -0.2) is 4.98 Å². The van der Waals surface area contributed by atoms with Crippen molar-refractivity contribution in [2.24, 2.45) is 0 Å². The number of aliphatic hydroxyl groups is 1. The summed E-state index contributed by atoms with van der Waals surface area (Å²) in [6.07, 6.45) is 1.52. The van der Waals surface area contributed by atoms with Crippen LogP contribution in [0.3, 0.4) is 0 Å². The van der Waals surface area contributed by atoms with Gasteiger partial charge in [0.25, 0.3) is 0 Å². The van der Waals surface area contributed by atoms with Gasteiger partial charge in [0.1, 0.15) is 0 Å². The zero-order chi connectivity index (χ0) is 21.2. The third-order valence-corrected chi connectivity index (χ3v) is 6.75. The van der Waals surface area contributed by atoms with Gasteiger partial charge >= 0.3 is 0 Å². The molecule has 5 aromatic rings. The predicted molar refractivity (Wildman–Crippen MR) is 131 cm³/mol. The molecule has 2 heterocycles. The second kappa shape index (κ2) is 8.75. The summed E-state index contributed by atoms with van der Waals surface area (Å²) in [4.78, 5) is 5.98. The Morgan fingerprint density at radius 1 is 0.935 bits per heavy atom. The Hall–Kier alpha value is -2.79. The van der Waals surface area contributed by atoms with E-state index in [1.807, 2.05) is 66.9 Å². The van der Waals surface area contributed by atoms with E-state index >= 15 is 0 Å². The van der Waals surface area contributed by atoms with Gasteiger partial charge in [-0.3, -0.25) is 0 Å². The Morgan fingerprint density at radius 3 is 2.61 bits per heavy atom. The number of aromatic nitrogens is 2. The Kier molecular flexibility index (Phi) is 5.68. The highest BCUT2D eigenvalue weighted by Gasteiger charge is 2.12. The molecule has 0 saturated heterocycles. The molecule has 2 aromatic heterocycles. The molecular weight excluding hydrogens is 424 g/mol. The first-order valence-corrected chi connectivity index (χ1v) is 11.5. The molecule has 5 heteroatoms. The molecule has 31 heavy (non-hydrogen) atoms. The van der Waals surface area contributed by atoms with Crippen molar-refractivity contribution in [2.75, 3.05) is 5.75 Å². The fourth-order valence-corrected chi connectivity index (χ4v) is 5.00. The van der Waals surface area contributed by atoms with Crippen molar-refractivity contribution >= 4 is 45.2 Å². The lowest BCUT2D eigenvalue weighted by Gasteiger charge is -2.14. The summed E-state index contributed by atoms with van der Waals surface area (Å²) in [5, 5.41) is 13.7. The third-order valence-electron chi connectivity index (χ3n) is 5.32. The van der Waals surface area contributed by atoms with Crippen LogP contribution < -0.4 is 0 Å². The lowest BCUT2D eigenvalue weighted by atomic mass is 10.1. The van der Waals surface area contributed by atoms with Gasteiger partial charge in [0, 0.05) is 50.3 Å². The number of halogens is 1. The summed E-state index contributed by atoms with van der Waals surface area (Å²) in [7, 11) is 0. The SMILES string of the molecule is OC(CSc1cc(-c2ccccc2)nc2ccccc12)Cn1ccc2cc(Cl)ccc21. The molecule has 154 valence electrons. The molecule has 5 rings (SSSR count). The molecule has 3 aromatic carbocycles. The molecule has 0 amide bonds. The average Bonchev–Trinajstić information content (AvgIpc) is 3.19. The van der Waals surface area contributed by atoms with Crippen LogP contribution in [-0.2, 0) is 6.54 Å². The van der Waals surface area contributed by atoms with Gasteiger partial charge in [-0.2, -0.15) is 0 Å². The molecule has 0 aliphatic heterocycles. The number of benzene rings is 3. The minimum Gasteiger partial charge on any atom is -0.390 e. The first-order valence-electron chi connectivity index (χ1n) is 10.2. The Labute approximate surface area is 190 Å². The van der Waals surface area contributed by atoms with Crippen LogP contribution in [0.25, 0.3) is 33.1 Å². The molecule has 0 fully saturated rings. The lowest BCUT2D eigenvalue weighted by molar-refractivity contribution is 0.180. The van der Waals surface area contributed by atoms with Crippen LogP contribution in [0.15, 0.2) is 96.0 Å². The van der Waals surface area contributed by atoms with Gasteiger partial charge in [0.2, 0.25) is 0 Å². The van der Waals surface area contributed by atoms with Gasteiger partial charge in [0.15, 0.2) is 0 Å². The number of nitrogens with zero attached hydrogens (tertiary/aromatic N) is 2. The molecular formula is C26H21ClN2OS. The second-order valence-electron chi connectivity index (χ2n) is 7.52. The first kappa shape index (κ1) is 20.1. The van der Waals surface area contributed by atoms with Crippen molar-refractivity contribution in [1.82, 2.24) is 9.55 Å². The highest BCUT2D eigenvalue weighted by atomic mass is 35.5. The minimum atomic E-state index is -0.483. The second-order valence-corrected chi connectivity index (χ2v) is 9.02. The van der Waals surface area contributed by atoms with E-state index in [4.69, 9.17) is 16.6 Å². The molecule has 0 aliphatic carbocycles. The van der Waals surface area contributed by atoms with Crippen molar-refractivity contribution in [3.63, 3.8) is 0 Å². The van der Waals surface area contributed by atoms with E-state index in [9.17, 15) is 5.11 Å². The van der Waals surface area contributed by atoms with E-state index in [1.165, 1.54) is 0 Å². The molecule has 0 saturated carbocycles. The Morgan fingerprint density at radius 2 is 1.74 bits per heavy atom. The van der Waals surface area contributed by atoms with Crippen molar-refractivity contribution in [3.05, 3.63) is 96.1 Å². The largest absolute Gasteiger partial charge is 0.390 e. The van der Waals surface area contributed by atoms with Crippen LogP contribution >= 0.6 is 23.4 Å². The number of fused-ring (bicyclic) bond motifs is 2. The summed E-state index contributed by atoms with van der Waals surface area (Å²) < 4.78 is 2.08. The molecule has 0 aliphatic rings. The summed E-state index contributed by atoms with van der Waals surface area (Å²) in [5.41, 5.74) is 4.08. The normalized spacial score (nSPS) is 12.5. The number of hydrogen-bond donors (Lipinski definition) is 1. The van der Waals surface area contributed by atoms with Gasteiger partial charge < -0.3 is 9.67 Å².